The van der Waals surface area contributed by atoms with Gasteiger partial charge in [0.25, 0.3) is 0 Å². The van der Waals surface area contributed by atoms with Gasteiger partial charge >= 0.3 is 11.9 Å². The predicted octanol–water partition coefficient (Wildman–Crippen LogP) is 2.46. The second-order valence-electron chi connectivity index (χ2n) is 3.78. The van der Waals surface area contributed by atoms with Gasteiger partial charge in [-0.1, -0.05) is 6.92 Å². The highest BCUT2D eigenvalue weighted by molar-refractivity contribution is 7.16. The lowest BCUT2D eigenvalue weighted by molar-refractivity contribution is -0.140. The van der Waals surface area contributed by atoms with E-state index in [1.54, 1.807) is 6.92 Å². The van der Waals surface area contributed by atoms with E-state index in [-0.39, 0.29) is 18.4 Å². The van der Waals surface area contributed by atoms with Crippen LogP contribution in [0.4, 0.5) is 5.00 Å². The van der Waals surface area contributed by atoms with Crippen LogP contribution in [-0.2, 0) is 20.7 Å². The molecule has 1 rings (SSSR count). The van der Waals surface area contributed by atoms with Crippen LogP contribution in [0.15, 0.2) is 6.07 Å². The highest BCUT2D eigenvalue weighted by Crippen LogP contribution is 2.29. The molecule has 0 unspecified atom stereocenters. The van der Waals surface area contributed by atoms with E-state index >= 15 is 0 Å². The van der Waals surface area contributed by atoms with Crippen molar-refractivity contribution in [1.82, 2.24) is 0 Å². The number of thiophene rings is 1. The summed E-state index contributed by atoms with van der Waals surface area (Å²) in [4.78, 5) is 23.9. The molecule has 0 aliphatic heterocycles. The van der Waals surface area contributed by atoms with Gasteiger partial charge in [0.15, 0.2) is 0 Å². The lowest BCUT2D eigenvalue weighted by atomic mass is 10.2. The first kappa shape index (κ1) is 15.5. The number of carbonyl (C=O) groups is 2. The molecule has 0 radical (unpaired) electrons. The molecule has 0 spiro atoms. The average Bonchev–Trinajstić information content (AvgIpc) is 2.82. The molecule has 1 aromatic rings. The van der Waals surface area contributed by atoms with Crippen LogP contribution in [0.1, 0.15) is 35.5 Å². The number of nitrogens with one attached hydrogen (secondary N) is 1. The van der Waals surface area contributed by atoms with Crippen molar-refractivity contribution in [3.8, 4) is 0 Å². The number of hydrogen-bond acceptors (Lipinski definition) is 6. The molecule has 6 heteroatoms. The molecule has 1 heterocycles. The minimum atomic E-state index is -0.334. The Bertz CT molecular complexity index is 442. The third kappa shape index (κ3) is 4.55. The van der Waals surface area contributed by atoms with E-state index in [1.807, 2.05) is 13.0 Å². The minimum Gasteiger partial charge on any atom is -0.469 e. The molecule has 0 bridgehead atoms. The number of ether oxygens (including phenoxy) is 2. The highest BCUT2D eigenvalue weighted by atomic mass is 32.1. The van der Waals surface area contributed by atoms with Crippen molar-refractivity contribution < 1.29 is 19.1 Å². The number of anilines is 1. The third-order valence-electron chi connectivity index (χ3n) is 2.47. The van der Waals surface area contributed by atoms with Gasteiger partial charge in [-0.3, -0.25) is 4.79 Å². The molecule has 0 aliphatic rings. The normalized spacial score (nSPS) is 10.1. The Morgan fingerprint density at radius 1 is 1.37 bits per heavy atom. The Morgan fingerprint density at radius 3 is 2.68 bits per heavy atom. The van der Waals surface area contributed by atoms with Crippen LogP contribution >= 0.6 is 11.3 Å². The van der Waals surface area contributed by atoms with Crippen molar-refractivity contribution in [2.75, 3.05) is 25.6 Å². The maximum atomic E-state index is 11.8. The van der Waals surface area contributed by atoms with E-state index in [4.69, 9.17) is 4.74 Å². The molecular weight excluding hydrogens is 266 g/mol. The zero-order valence-electron chi connectivity index (χ0n) is 11.4. The molecule has 106 valence electrons. The van der Waals surface area contributed by atoms with Gasteiger partial charge < -0.3 is 14.8 Å². The zero-order valence-corrected chi connectivity index (χ0v) is 12.3. The maximum absolute atomic E-state index is 11.8. The lowest BCUT2D eigenvalue weighted by Gasteiger charge is -2.06. The summed E-state index contributed by atoms with van der Waals surface area (Å²) >= 11 is 1.51. The van der Waals surface area contributed by atoms with Gasteiger partial charge in [-0.15, -0.1) is 11.3 Å². The summed E-state index contributed by atoms with van der Waals surface area (Å²) in [6, 6.07) is 1.84. The molecule has 0 saturated heterocycles. The van der Waals surface area contributed by atoms with Crippen LogP contribution in [-0.4, -0.2) is 32.2 Å². The Hall–Kier alpha value is -1.56. The highest BCUT2D eigenvalue weighted by Gasteiger charge is 2.16. The molecule has 0 amide bonds. The summed E-state index contributed by atoms with van der Waals surface area (Å²) in [5.74, 6) is -0.614. The number of hydrogen-bond donors (Lipinski definition) is 1. The maximum Gasteiger partial charge on any atom is 0.341 e. The van der Waals surface area contributed by atoms with Crippen molar-refractivity contribution in [2.24, 2.45) is 0 Å². The molecule has 0 saturated carbocycles. The number of aryl methyl sites for hydroxylation is 1. The largest absolute Gasteiger partial charge is 0.469 e. The number of carbonyl (C=O) groups excluding carboxylic acids is 2. The number of methoxy groups -OCH3 is 1. The summed E-state index contributed by atoms with van der Waals surface area (Å²) in [7, 11) is 1.35. The standard InChI is InChI=1S/C13H19NO4S/c1-4-9-8-10(13(16)18-5-2)12(19-9)14-7-6-11(15)17-3/h8,14H,4-7H2,1-3H3. The minimum absolute atomic E-state index is 0.262. The average molecular weight is 285 g/mol. The fraction of sp³-hybridized carbons (Fsp3) is 0.538. The Labute approximate surface area is 116 Å². The lowest BCUT2D eigenvalue weighted by Crippen LogP contribution is -2.11. The summed E-state index contributed by atoms with van der Waals surface area (Å²) < 4.78 is 9.57. The van der Waals surface area contributed by atoms with Crippen LogP contribution in [0.2, 0.25) is 0 Å². The van der Waals surface area contributed by atoms with Crippen LogP contribution in [0.5, 0.6) is 0 Å². The number of esters is 2. The molecule has 1 N–H and O–H groups in total. The van der Waals surface area contributed by atoms with E-state index in [0.717, 1.165) is 16.3 Å². The molecule has 0 atom stereocenters. The summed E-state index contributed by atoms with van der Waals surface area (Å²) in [5, 5.41) is 3.84. The molecular formula is C13H19NO4S. The SMILES string of the molecule is CCOC(=O)c1cc(CC)sc1NCCC(=O)OC. The van der Waals surface area contributed by atoms with Gasteiger partial charge in [0.1, 0.15) is 5.00 Å². The van der Waals surface area contributed by atoms with Crippen molar-refractivity contribution in [3.63, 3.8) is 0 Å². The van der Waals surface area contributed by atoms with Crippen molar-refractivity contribution in [1.29, 1.82) is 0 Å². The van der Waals surface area contributed by atoms with Gasteiger partial charge in [-0.05, 0) is 19.4 Å². The Morgan fingerprint density at radius 2 is 2.11 bits per heavy atom. The molecule has 0 aromatic carbocycles. The van der Waals surface area contributed by atoms with Crippen LogP contribution in [0.3, 0.4) is 0 Å². The number of rotatable bonds is 7. The van der Waals surface area contributed by atoms with Crippen LogP contribution in [0, 0.1) is 0 Å². The Kier molecular flexibility index (Phi) is 6.35. The van der Waals surface area contributed by atoms with Crippen LogP contribution < -0.4 is 5.32 Å². The molecule has 5 nitrogen and oxygen atoms in total. The summed E-state index contributed by atoms with van der Waals surface area (Å²) in [5.41, 5.74) is 0.536. The topological polar surface area (TPSA) is 64.6 Å². The van der Waals surface area contributed by atoms with E-state index < -0.39 is 0 Å². The quantitative estimate of drug-likeness (QED) is 0.780. The van der Waals surface area contributed by atoms with Crippen LogP contribution in [0.25, 0.3) is 0 Å². The van der Waals surface area contributed by atoms with E-state index in [1.165, 1.54) is 18.4 Å². The summed E-state index contributed by atoms with van der Waals surface area (Å²) in [6.45, 7) is 4.58. The van der Waals surface area contributed by atoms with Crippen molar-refractivity contribution in [3.05, 3.63) is 16.5 Å². The van der Waals surface area contributed by atoms with Crippen molar-refractivity contribution in [2.45, 2.75) is 26.7 Å². The summed E-state index contributed by atoms with van der Waals surface area (Å²) in [6.07, 6.45) is 1.12. The third-order valence-corrected chi connectivity index (χ3v) is 3.71. The fourth-order valence-corrected chi connectivity index (χ4v) is 2.50. The monoisotopic (exact) mass is 285 g/mol. The van der Waals surface area contributed by atoms with E-state index in [9.17, 15) is 9.59 Å². The zero-order chi connectivity index (χ0) is 14.3. The van der Waals surface area contributed by atoms with Crippen molar-refractivity contribution >= 4 is 28.3 Å². The van der Waals surface area contributed by atoms with E-state index in [2.05, 4.69) is 10.1 Å². The van der Waals surface area contributed by atoms with Gasteiger partial charge in [-0.2, -0.15) is 0 Å². The second kappa shape index (κ2) is 7.78. The second-order valence-corrected chi connectivity index (χ2v) is 4.92. The van der Waals surface area contributed by atoms with Gasteiger partial charge in [-0.25, -0.2) is 4.79 Å². The van der Waals surface area contributed by atoms with Gasteiger partial charge in [0, 0.05) is 11.4 Å². The van der Waals surface area contributed by atoms with E-state index in [0.29, 0.717) is 18.7 Å². The molecule has 19 heavy (non-hydrogen) atoms. The fourth-order valence-electron chi connectivity index (χ4n) is 1.49. The Balaban J connectivity index is 2.72. The van der Waals surface area contributed by atoms with Gasteiger partial charge in [0.05, 0.1) is 25.7 Å². The van der Waals surface area contributed by atoms with Gasteiger partial charge in [0.2, 0.25) is 0 Å². The predicted molar refractivity (Wildman–Crippen MR) is 74.8 cm³/mol. The smallest absolute Gasteiger partial charge is 0.341 e. The molecule has 0 fully saturated rings. The molecule has 1 aromatic heterocycles. The molecule has 0 aliphatic carbocycles. The first-order valence-corrected chi connectivity index (χ1v) is 7.04. The first-order chi connectivity index (χ1) is 9.12. The first-order valence-electron chi connectivity index (χ1n) is 6.22.